The minimum Gasteiger partial charge on any atom is -0.493 e. The van der Waals surface area contributed by atoms with E-state index in [1.807, 2.05) is 26.0 Å². The monoisotopic (exact) mass is 272 g/mol. The first-order valence-corrected chi connectivity index (χ1v) is 6.00. The predicted octanol–water partition coefficient (Wildman–Crippen LogP) is 3.56. The molecule has 1 aromatic rings. The van der Waals surface area contributed by atoms with Crippen LogP contribution in [-0.2, 0) is 4.74 Å². The Morgan fingerprint density at radius 3 is 2.73 bits per heavy atom. The first-order valence-electron chi connectivity index (χ1n) is 5.20. The minimum absolute atomic E-state index is 0.711. The molecule has 0 N–H and O–H groups in total. The molecular formula is C12H17BrO2. The summed E-state index contributed by atoms with van der Waals surface area (Å²) in [5.74, 6) is 0.953. The van der Waals surface area contributed by atoms with Crippen molar-refractivity contribution in [3.63, 3.8) is 0 Å². The summed E-state index contributed by atoms with van der Waals surface area (Å²) in [5.41, 5.74) is 1.15. The summed E-state index contributed by atoms with van der Waals surface area (Å²) in [7, 11) is 0. The fraction of sp³-hybridized carbons (Fsp3) is 0.500. The van der Waals surface area contributed by atoms with Crippen molar-refractivity contribution in [2.75, 3.05) is 19.8 Å². The van der Waals surface area contributed by atoms with E-state index in [9.17, 15) is 0 Å². The molecule has 0 aliphatic rings. The summed E-state index contributed by atoms with van der Waals surface area (Å²) >= 11 is 3.42. The van der Waals surface area contributed by atoms with E-state index in [0.29, 0.717) is 6.61 Å². The van der Waals surface area contributed by atoms with Crippen LogP contribution in [0.15, 0.2) is 22.7 Å². The standard InChI is InChI=1S/C12H17BrO2/c1-3-14-7-4-8-15-12-6-5-11(13)9-10(12)2/h5-6,9H,3-4,7-8H2,1-2H3. The number of aryl methyl sites for hydroxylation is 1. The molecule has 1 rings (SSSR count). The molecule has 3 heteroatoms. The van der Waals surface area contributed by atoms with Gasteiger partial charge >= 0.3 is 0 Å². The molecule has 0 amide bonds. The van der Waals surface area contributed by atoms with Gasteiger partial charge in [-0.15, -0.1) is 0 Å². The van der Waals surface area contributed by atoms with Gasteiger partial charge in [-0.2, -0.15) is 0 Å². The Bertz CT molecular complexity index is 300. The van der Waals surface area contributed by atoms with Crippen molar-refractivity contribution in [3.05, 3.63) is 28.2 Å². The van der Waals surface area contributed by atoms with Gasteiger partial charge in [-0.25, -0.2) is 0 Å². The Balaban J connectivity index is 2.31. The van der Waals surface area contributed by atoms with Crippen LogP contribution in [0.1, 0.15) is 18.9 Å². The van der Waals surface area contributed by atoms with Crippen molar-refractivity contribution in [1.82, 2.24) is 0 Å². The van der Waals surface area contributed by atoms with Crippen LogP contribution in [0.25, 0.3) is 0 Å². The number of hydrogen-bond donors (Lipinski definition) is 0. The Morgan fingerprint density at radius 2 is 2.07 bits per heavy atom. The normalized spacial score (nSPS) is 10.3. The summed E-state index contributed by atoms with van der Waals surface area (Å²) in [6, 6.07) is 6.03. The molecule has 0 fully saturated rings. The van der Waals surface area contributed by atoms with Crippen LogP contribution in [0.4, 0.5) is 0 Å². The molecule has 0 saturated carbocycles. The van der Waals surface area contributed by atoms with Crippen molar-refractivity contribution in [2.45, 2.75) is 20.3 Å². The van der Waals surface area contributed by atoms with Crippen molar-refractivity contribution < 1.29 is 9.47 Å². The minimum atomic E-state index is 0.711. The highest BCUT2D eigenvalue weighted by Gasteiger charge is 1.99. The molecular weight excluding hydrogens is 256 g/mol. The van der Waals surface area contributed by atoms with E-state index < -0.39 is 0 Å². The molecule has 15 heavy (non-hydrogen) atoms. The van der Waals surface area contributed by atoms with Crippen LogP contribution < -0.4 is 4.74 Å². The Morgan fingerprint density at radius 1 is 1.27 bits per heavy atom. The van der Waals surface area contributed by atoms with E-state index in [1.54, 1.807) is 0 Å². The average Bonchev–Trinajstić information content (AvgIpc) is 2.20. The number of ether oxygens (including phenoxy) is 2. The molecule has 0 bridgehead atoms. The van der Waals surface area contributed by atoms with E-state index in [1.165, 1.54) is 0 Å². The SMILES string of the molecule is CCOCCCOc1ccc(Br)cc1C. The van der Waals surface area contributed by atoms with E-state index in [-0.39, 0.29) is 0 Å². The van der Waals surface area contributed by atoms with E-state index in [4.69, 9.17) is 9.47 Å². The van der Waals surface area contributed by atoms with E-state index >= 15 is 0 Å². The van der Waals surface area contributed by atoms with Crippen molar-refractivity contribution in [2.24, 2.45) is 0 Å². The maximum atomic E-state index is 5.64. The van der Waals surface area contributed by atoms with Crippen LogP contribution >= 0.6 is 15.9 Å². The second-order valence-electron chi connectivity index (χ2n) is 3.31. The fourth-order valence-electron chi connectivity index (χ4n) is 1.26. The lowest BCUT2D eigenvalue weighted by Gasteiger charge is -2.09. The summed E-state index contributed by atoms with van der Waals surface area (Å²) in [4.78, 5) is 0. The zero-order valence-corrected chi connectivity index (χ0v) is 10.8. The molecule has 0 saturated heterocycles. The quantitative estimate of drug-likeness (QED) is 0.738. The van der Waals surface area contributed by atoms with Gasteiger partial charge in [-0.05, 0) is 37.6 Å². The third kappa shape index (κ3) is 4.67. The first-order chi connectivity index (χ1) is 7.24. The van der Waals surface area contributed by atoms with Crippen molar-refractivity contribution >= 4 is 15.9 Å². The number of rotatable bonds is 6. The maximum absolute atomic E-state index is 5.64. The van der Waals surface area contributed by atoms with Crippen LogP contribution in [0.5, 0.6) is 5.75 Å². The zero-order valence-electron chi connectivity index (χ0n) is 9.25. The van der Waals surface area contributed by atoms with Gasteiger partial charge in [0.05, 0.1) is 6.61 Å². The molecule has 0 aliphatic carbocycles. The van der Waals surface area contributed by atoms with Crippen molar-refractivity contribution in [1.29, 1.82) is 0 Å². The summed E-state index contributed by atoms with van der Waals surface area (Å²) < 4.78 is 12.0. The fourth-order valence-corrected chi connectivity index (χ4v) is 1.74. The second-order valence-corrected chi connectivity index (χ2v) is 4.22. The molecule has 2 nitrogen and oxygen atoms in total. The summed E-state index contributed by atoms with van der Waals surface area (Å²) in [5, 5.41) is 0. The number of hydrogen-bond acceptors (Lipinski definition) is 2. The summed E-state index contributed by atoms with van der Waals surface area (Å²) in [6.45, 7) is 6.30. The molecule has 0 atom stereocenters. The Kier molecular flexibility index (Phi) is 5.73. The topological polar surface area (TPSA) is 18.5 Å². The van der Waals surface area contributed by atoms with Gasteiger partial charge < -0.3 is 9.47 Å². The highest BCUT2D eigenvalue weighted by Crippen LogP contribution is 2.22. The molecule has 1 aromatic carbocycles. The second kappa shape index (κ2) is 6.85. The van der Waals surface area contributed by atoms with Crippen LogP contribution in [0.3, 0.4) is 0 Å². The van der Waals surface area contributed by atoms with Gasteiger partial charge in [0.1, 0.15) is 5.75 Å². The lowest BCUT2D eigenvalue weighted by molar-refractivity contribution is 0.130. The summed E-state index contributed by atoms with van der Waals surface area (Å²) in [6.07, 6.45) is 0.934. The third-order valence-electron chi connectivity index (χ3n) is 2.03. The molecule has 0 spiro atoms. The first kappa shape index (κ1) is 12.5. The van der Waals surface area contributed by atoms with Gasteiger partial charge in [0, 0.05) is 24.1 Å². The Labute approximate surface area is 99.7 Å². The van der Waals surface area contributed by atoms with Crippen molar-refractivity contribution in [3.8, 4) is 5.75 Å². The highest BCUT2D eigenvalue weighted by atomic mass is 79.9. The smallest absolute Gasteiger partial charge is 0.122 e. The van der Waals surface area contributed by atoms with Crippen LogP contribution in [-0.4, -0.2) is 19.8 Å². The molecule has 0 radical (unpaired) electrons. The highest BCUT2D eigenvalue weighted by molar-refractivity contribution is 9.10. The molecule has 0 aromatic heterocycles. The van der Waals surface area contributed by atoms with Gasteiger partial charge in [-0.1, -0.05) is 15.9 Å². The van der Waals surface area contributed by atoms with Gasteiger partial charge in [-0.3, -0.25) is 0 Å². The Hall–Kier alpha value is -0.540. The largest absolute Gasteiger partial charge is 0.493 e. The molecule has 0 aliphatic heterocycles. The maximum Gasteiger partial charge on any atom is 0.122 e. The molecule has 0 unspecified atom stereocenters. The van der Waals surface area contributed by atoms with Gasteiger partial charge in [0.2, 0.25) is 0 Å². The average molecular weight is 273 g/mol. The molecule has 84 valence electrons. The zero-order chi connectivity index (χ0) is 11.1. The number of halogens is 1. The van der Waals surface area contributed by atoms with Crippen LogP contribution in [0.2, 0.25) is 0 Å². The predicted molar refractivity (Wildman–Crippen MR) is 65.5 cm³/mol. The van der Waals surface area contributed by atoms with E-state index in [2.05, 4.69) is 22.0 Å². The van der Waals surface area contributed by atoms with Gasteiger partial charge in [0.25, 0.3) is 0 Å². The lowest BCUT2D eigenvalue weighted by Crippen LogP contribution is -2.03. The third-order valence-corrected chi connectivity index (χ3v) is 2.52. The van der Waals surface area contributed by atoms with Crippen LogP contribution in [0, 0.1) is 6.92 Å². The van der Waals surface area contributed by atoms with E-state index in [0.717, 1.165) is 35.4 Å². The van der Waals surface area contributed by atoms with Gasteiger partial charge in [0.15, 0.2) is 0 Å². The molecule has 0 heterocycles. The number of benzene rings is 1. The lowest BCUT2D eigenvalue weighted by atomic mass is 10.2.